The molecule has 3 rings (SSSR count). The molecule has 0 aliphatic heterocycles. The van der Waals surface area contributed by atoms with Gasteiger partial charge in [-0.3, -0.25) is 0 Å². The average molecular weight is 566 g/mol. The summed E-state index contributed by atoms with van der Waals surface area (Å²) in [5.41, 5.74) is 2.18. The van der Waals surface area contributed by atoms with E-state index in [9.17, 15) is 12.8 Å². The molecule has 9 heteroatoms. The number of ether oxygens (including phenoxy) is 3. The van der Waals surface area contributed by atoms with Crippen molar-refractivity contribution in [2.24, 2.45) is 0 Å². The molecule has 0 aliphatic rings. The Morgan fingerprint density at radius 1 is 0.857 bits per heavy atom. The van der Waals surface area contributed by atoms with Gasteiger partial charge in [0, 0.05) is 24.7 Å². The number of methoxy groups -OCH3 is 3. The molecule has 6 nitrogen and oxygen atoms in total. The molecule has 3 aromatic rings. The molecule has 0 amide bonds. The van der Waals surface area contributed by atoms with Crippen molar-refractivity contribution in [2.45, 2.75) is 31.4 Å². The van der Waals surface area contributed by atoms with E-state index in [4.69, 9.17) is 14.2 Å². The van der Waals surface area contributed by atoms with Gasteiger partial charge in [0.15, 0.2) is 0 Å². The van der Waals surface area contributed by atoms with Crippen LogP contribution in [0, 0.1) is 5.82 Å². The van der Waals surface area contributed by atoms with Crippen molar-refractivity contribution in [1.29, 1.82) is 0 Å². The van der Waals surface area contributed by atoms with Crippen molar-refractivity contribution in [3.8, 4) is 11.5 Å². The maximum absolute atomic E-state index is 13.9. The van der Waals surface area contributed by atoms with Crippen LogP contribution in [0.25, 0.3) is 0 Å². The minimum atomic E-state index is -3.88. The molecule has 2 atom stereocenters. The lowest BCUT2D eigenvalue weighted by atomic mass is 10.1. The largest absolute Gasteiger partial charge is 0.497 e. The molecule has 0 N–H and O–H groups in total. The molecule has 0 radical (unpaired) electrons. The number of sulfonamides is 1. The number of rotatable bonds is 11. The van der Waals surface area contributed by atoms with Crippen molar-refractivity contribution >= 4 is 26.0 Å². The Bertz CT molecular complexity index is 1170. The molecule has 0 aliphatic carbocycles. The van der Waals surface area contributed by atoms with Gasteiger partial charge in [-0.05, 0) is 60.0 Å². The zero-order valence-electron chi connectivity index (χ0n) is 20.1. The van der Waals surface area contributed by atoms with Gasteiger partial charge in [0.05, 0.1) is 14.2 Å². The third-order valence-electron chi connectivity index (χ3n) is 5.81. The Kier molecular flexibility index (Phi) is 9.29. The van der Waals surface area contributed by atoms with E-state index >= 15 is 0 Å². The standard InChI is InChI=1S/C26H29BrFNO5S/c1-18(26(34-4)24-14-9-21(28)15-25(24)27)35(30,31)29(16-19-5-10-22(32-2)11-6-19)17-20-7-12-23(33-3)13-8-20/h5-15,18,26H,16-17H2,1-4H3/t18-,26+/m1/s1. The first-order valence-corrected chi connectivity index (χ1v) is 13.2. The van der Waals surface area contributed by atoms with Gasteiger partial charge in [0.25, 0.3) is 0 Å². The molecule has 0 bridgehead atoms. The SMILES string of the molecule is COc1ccc(CN(Cc2ccc(OC)cc2)S(=O)(=O)[C@H](C)[C@H](OC)c2ccc(F)cc2Br)cc1. The zero-order chi connectivity index (χ0) is 25.6. The summed E-state index contributed by atoms with van der Waals surface area (Å²) in [4.78, 5) is 0. The summed E-state index contributed by atoms with van der Waals surface area (Å²) >= 11 is 3.34. The number of nitrogens with zero attached hydrogens (tertiary/aromatic N) is 1. The Morgan fingerprint density at radius 3 is 1.74 bits per heavy atom. The molecule has 0 spiro atoms. The van der Waals surface area contributed by atoms with Crippen molar-refractivity contribution in [1.82, 2.24) is 4.31 Å². The van der Waals surface area contributed by atoms with Gasteiger partial charge in [-0.25, -0.2) is 12.8 Å². The number of hydrogen-bond acceptors (Lipinski definition) is 5. The van der Waals surface area contributed by atoms with Crippen LogP contribution in [-0.4, -0.2) is 39.3 Å². The summed E-state index contributed by atoms with van der Waals surface area (Å²) < 4.78 is 59.5. The van der Waals surface area contributed by atoms with Gasteiger partial charge in [-0.1, -0.05) is 46.3 Å². The number of halogens is 2. The summed E-state index contributed by atoms with van der Waals surface area (Å²) in [6.45, 7) is 1.92. The first-order valence-electron chi connectivity index (χ1n) is 10.9. The smallest absolute Gasteiger partial charge is 0.220 e. The predicted octanol–water partition coefficient (Wildman–Crippen LogP) is 5.71. The minimum Gasteiger partial charge on any atom is -0.497 e. The molecule has 0 unspecified atom stereocenters. The molecule has 188 valence electrons. The Labute approximate surface area is 214 Å². The van der Waals surface area contributed by atoms with Crippen molar-refractivity contribution < 1.29 is 27.0 Å². The molecule has 0 fully saturated rings. The first-order chi connectivity index (χ1) is 16.7. The summed E-state index contributed by atoms with van der Waals surface area (Å²) in [5, 5.41) is -0.953. The summed E-state index contributed by atoms with van der Waals surface area (Å²) in [6.07, 6.45) is -0.816. The highest BCUT2D eigenvalue weighted by Gasteiger charge is 2.36. The van der Waals surface area contributed by atoms with E-state index in [0.29, 0.717) is 21.5 Å². The normalized spacial score (nSPS) is 13.5. The maximum atomic E-state index is 13.9. The zero-order valence-corrected chi connectivity index (χ0v) is 22.5. The Morgan fingerprint density at radius 2 is 1.34 bits per heavy atom. The molecule has 0 heterocycles. The van der Waals surface area contributed by atoms with E-state index in [-0.39, 0.29) is 13.1 Å². The van der Waals surface area contributed by atoms with E-state index in [1.165, 1.54) is 29.6 Å². The molecule has 3 aromatic carbocycles. The topological polar surface area (TPSA) is 65.1 Å². The fraction of sp³-hybridized carbons (Fsp3) is 0.308. The highest BCUT2D eigenvalue weighted by atomic mass is 79.9. The van der Waals surface area contributed by atoms with Crippen LogP contribution in [0.1, 0.15) is 29.7 Å². The quantitative estimate of drug-likeness (QED) is 0.298. The molecular weight excluding hydrogens is 537 g/mol. The van der Waals surface area contributed by atoms with E-state index in [0.717, 1.165) is 11.1 Å². The van der Waals surface area contributed by atoms with E-state index in [1.54, 1.807) is 45.4 Å². The van der Waals surface area contributed by atoms with Gasteiger partial charge in [-0.2, -0.15) is 4.31 Å². The lowest BCUT2D eigenvalue weighted by Gasteiger charge is -2.30. The molecular formula is C26H29BrFNO5S. The predicted molar refractivity (Wildman–Crippen MR) is 137 cm³/mol. The van der Waals surface area contributed by atoms with Crippen molar-refractivity contribution in [2.75, 3.05) is 21.3 Å². The van der Waals surface area contributed by atoms with Gasteiger partial charge in [0.1, 0.15) is 28.7 Å². The Hall–Kier alpha value is -2.46. The molecule has 0 aromatic heterocycles. The summed E-state index contributed by atoms with van der Waals surface area (Å²) in [6, 6.07) is 18.7. The molecule has 0 saturated carbocycles. The van der Waals surface area contributed by atoms with Gasteiger partial charge >= 0.3 is 0 Å². The lowest BCUT2D eigenvalue weighted by molar-refractivity contribution is 0.0997. The summed E-state index contributed by atoms with van der Waals surface area (Å²) in [5.74, 6) is 0.950. The summed E-state index contributed by atoms with van der Waals surface area (Å²) in [7, 11) is 0.722. The van der Waals surface area contributed by atoms with Crippen LogP contribution in [0.15, 0.2) is 71.2 Å². The Balaban J connectivity index is 1.97. The van der Waals surface area contributed by atoms with Crippen LogP contribution in [0.3, 0.4) is 0 Å². The monoisotopic (exact) mass is 565 g/mol. The van der Waals surface area contributed by atoms with Crippen LogP contribution in [0.5, 0.6) is 11.5 Å². The van der Waals surface area contributed by atoms with Crippen LogP contribution >= 0.6 is 15.9 Å². The number of benzene rings is 3. The fourth-order valence-corrected chi connectivity index (χ4v) is 6.07. The third kappa shape index (κ3) is 6.61. The maximum Gasteiger partial charge on any atom is 0.220 e. The van der Waals surface area contributed by atoms with Crippen LogP contribution in [0.2, 0.25) is 0 Å². The molecule has 0 saturated heterocycles. The molecule has 35 heavy (non-hydrogen) atoms. The highest BCUT2D eigenvalue weighted by molar-refractivity contribution is 9.10. The van der Waals surface area contributed by atoms with Crippen LogP contribution in [-0.2, 0) is 27.8 Å². The number of hydrogen-bond donors (Lipinski definition) is 0. The van der Waals surface area contributed by atoms with E-state index in [1.807, 2.05) is 24.3 Å². The van der Waals surface area contributed by atoms with Gasteiger partial charge < -0.3 is 14.2 Å². The fourth-order valence-electron chi connectivity index (χ4n) is 3.80. The van der Waals surface area contributed by atoms with Crippen molar-refractivity contribution in [3.05, 3.63) is 93.7 Å². The van der Waals surface area contributed by atoms with Crippen LogP contribution in [0.4, 0.5) is 4.39 Å². The van der Waals surface area contributed by atoms with E-state index in [2.05, 4.69) is 15.9 Å². The third-order valence-corrected chi connectivity index (χ3v) is 8.67. The lowest BCUT2D eigenvalue weighted by Crippen LogP contribution is -2.40. The highest BCUT2D eigenvalue weighted by Crippen LogP contribution is 2.34. The van der Waals surface area contributed by atoms with E-state index < -0.39 is 27.2 Å². The second kappa shape index (κ2) is 12.0. The van der Waals surface area contributed by atoms with Gasteiger partial charge in [0.2, 0.25) is 10.0 Å². The van der Waals surface area contributed by atoms with Gasteiger partial charge in [-0.15, -0.1) is 0 Å². The second-order valence-electron chi connectivity index (χ2n) is 8.04. The average Bonchev–Trinajstić information content (AvgIpc) is 2.86. The minimum absolute atomic E-state index is 0.156. The second-order valence-corrected chi connectivity index (χ2v) is 11.2. The first kappa shape index (κ1) is 27.1. The van der Waals surface area contributed by atoms with Crippen molar-refractivity contribution in [3.63, 3.8) is 0 Å². The van der Waals surface area contributed by atoms with Crippen LogP contribution < -0.4 is 9.47 Å².